The summed E-state index contributed by atoms with van der Waals surface area (Å²) in [5.74, 6) is 0. The molecule has 0 aliphatic rings. The van der Waals surface area contributed by atoms with Crippen LogP contribution in [0.3, 0.4) is 0 Å². The van der Waals surface area contributed by atoms with Gasteiger partial charge in [-0.1, -0.05) is 84.9 Å². The monoisotopic (exact) mass is 415 g/mol. The first kappa shape index (κ1) is 20.1. The van der Waals surface area contributed by atoms with Gasteiger partial charge in [0.2, 0.25) is 0 Å². The SMILES string of the molecule is OB(O)c1ccc2ccc(N(c3ccccc3)c3ccc(-c4ccccc4)cc3)cc2c1. The standard InChI is InChI=1S/C28H22BNO2/c31-29(32)25-15-11-23-14-18-28(20-24(23)19-25)30(26-9-5-2-6-10-26)27-16-12-22(13-17-27)21-7-3-1-4-8-21/h1-20,31-32H. The molecule has 32 heavy (non-hydrogen) atoms. The van der Waals surface area contributed by atoms with Crippen molar-refractivity contribution < 1.29 is 10.0 Å². The van der Waals surface area contributed by atoms with Gasteiger partial charge in [-0.05, 0) is 63.8 Å². The Kier molecular flexibility index (Phi) is 5.47. The molecule has 0 atom stereocenters. The Morgan fingerprint density at radius 2 is 1.03 bits per heavy atom. The van der Waals surface area contributed by atoms with E-state index >= 15 is 0 Å². The van der Waals surface area contributed by atoms with Crippen molar-refractivity contribution in [2.75, 3.05) is 4.90 Å². The summed E-state index contributed by atoms with van der Waals surface area (Å²) in [5.41, 5.74) is 5.94. The van der Waals surface area contributed by atoms with Gasteiger partial charge in [-0.2, -0.15) is 0 Å². The molecule has 5 aromatic carbocycles. The van der Waals surface area contributed by atoms with Gasteiger partial charge in [0.25, 0.3) is 0 Å². The first-order chi connectivity index (χ1) is 15.7. The summed E-state index contributed by atoms with van der Waals surface area (Å²) in [6.07, 6.45) is 0. The Bertz CT molecular complexity index is 1340. The third kappa shape index (κ3) is 4.02. The zero-order valence-electron chi connectivity index (χ0n) is 17.5. The smallest absolute Gasteiger partial charge is 0.423 e. The number of anilines is 3. The molecule has 0 radical (unpaired) electrons. The summed E-state index contributed by atoms with van der Waals surface area (Å²) in [7, 11) is -1.49. The summed E-state index contributed by atoms with van der Waals surface area (Å²) >= 11 is 0. The molecule has 0 spiro atoms. The van der Waals surface area contributed by atoms with E-state index in [1.54, 1.807) is 6.07 Å². The number of hydrogen-bond donors (Lipinski definition) is 2. The van der Waals surface area contributed by atoms with Crippen LogP contribution in [-0.2, 0) is 0 Å². The Morgan fingerprint density at radius 3 is 1.72 bits per heavy atom. The van der Waals surface area contributed by atoms with Crippen LogP contribution in [0.2, 0.25) is 0 Å². The van der Waals surface area contributed by atoms with Crippen molar-refractivity contribution in [3.63, 3.8) is 0 Å². The quantitative estimate of drug-likeness (QED) is 0.364. The molecule has 4 heteroatoms. The van der Waals surface area contributed by atoms with E-state index in [9.17, 15) is 10.0 Å². The van der Waals surface area contributed by atoms with Crippen LogP contribution in [0, 0.1) is 0 Å². The summed E-state index contributed by atoms with van der Waals surface area (Å²) in [5, 5.41) is 21.2. The molecule has 0 saturated heterocycles. The third-order valence-corrected chi connectivity index (χ3v) is 5.65. The highest BCUT2D eigenvalue weighted by Gasteiger charge is 2.15. The van der Waals surface area contributed by atoms with Gasteiger partial charge in [-0.15, -0.1) is 0 Å². The highest BCUT2D eigenvalue weighted by Crippen LogP contribution is 2.36. The first-order valence-electron chi connectivity index (χ1n) is 10.6. The number of fused-ring (bicyclic) bond motifs is 1. The predicted octanol–water partition coefficient (Wildman–Crippen LogP) is 5.66. The maximum absolute atomic E-state index is 9.58. The van der Waals surface area contributed by atoms with Crippen LogP contribution < -0.4 is 10.4 Å². The maximum atomic E-state index is 9.58. The fourth-order valence-corrected chi connectivity index (χ4v) is 4.01. The van der Waals surface area contributed by atoms with E-state index in [1.165, 1.54) is 11.1 Å². The van der Waals surface area contributed by atoms with Crippen LogP contribution in [0.15, 0.2) is 121 Å². The Morgan fingerprint density at radius 1 is 0.469 bits per heavy atom. The van der Waals surface area contributed by atoms with Gasteiger partial charge >= 0.3 is 7.12 Å². The van der Waals surface area contributed by atoms with Gasteiger partial charge in [-0.3, -0.25) is 0 Å². The zero-order chi connectivity index (χ0) is 21.9. The third-order valence-electron chi connectivity index (χ3n) is 5.65. The Labute approximate surface area is 188 Å². The van der Waals surface area contributed by atoms with Gasteiger partial charge in [0.1, 0.15) is 0 Å². The number of nitrogens with zero attached hydrogens (tertiary/aromatic N) is 1. The summed E-state index contributed by atoms with van der Waals surface area (Å²) in [6.45, 7) is 0. The maximum Gasteiger partial charge on any atom is 0.488 e. The average molecular weight is 415 g/mol. The molecule has 5 aromatic rings. The summed E-state index contributed by atoms with van der Waals surface area (Å²) < 4.78 is 0. The first-order valence-corrected chi connectivity index (χ1v) is 10.6. The summed E-state index contributed by atoms with van der Waals surface area (Å²) in [6, 6.07) is 40.8. The minimum absolute atomic E-state index is 0.480. The van der Waals surface area contributed by atoms with Crippen LogP contribution >= 0.6 is 0 Å². The summed E-state index contributed by atoms with van der Waals surface area (Å²) in [4.78, 5) is 2.20. The van der Waals surface area contributed by atoms with Crippen LogP contribution in [-0.4, -0.2) is 17.2 Å². The van der Waals surface area contributed by atoms with E-state index < -0.39 is 7.12 Å². The number of benzene rings is 5. The van der Waals surface area contributed by atoms with E-state index in [0.29, 0.717) is 5.46 Å². The molecule has 0 aliphatic heterocycles. The van der Waals surface area contributed by atoms with E-state index in [-0.39, 0.29) is 0 Å². The second-order valence-corrected chi connectivity index (χ2v) is 7.75. The minimum atomic E-state index is -1.49. The highest BCUT2D eigenvalue weighted by molar-refractivity contribution is 6.58. The molecule has 0 bridgehead atoms. The van der Waals surface area contributed by atoms with Gasteiger partial charge < -0.3 is 14.9 Å². The molecule has 0 fully saturated rings. The molecule has 0 saturated carbocycles. The molecule has 0 heterocycles. The van der Waals surface area contributed by atoms with E-state index in [1.807, 2.05) is 48.5 Å². The lowest BCUT2D eigenvalue weighted by Crippen LogP contribution is -2.29. The Balaban J connectivity index is 1.60. The fraction of sp³-hybridized carbons (Fsp3) is 0. The van der Waals surface area contributed by atoms with Crippen LogP contribution in [0.5, 0.6) is 0 Å². The van der Waals surface area contributed by atoms with E-state index in [0.717, 1.165) is 27.8 Å². The molecule has 0 aromatic heterocycles. The molecular weight excluding hydrogens is 393 g/mol. The molecule has 0 aliphatic carbocycles. The van der Waals surface area contributed by atoms with Gasteiger partial charge in [0, 0.05) is 17.1 Å². The van der Waals surface area contributed by atoms with Crippen molar-refractivity contribution in [3.05, 3.63) is 121 Å². The van der Waals surface area contributed by atoms with Crippen molar-refractivity contribution in [1.29, 1.82) is 0 Å². The van der Waals surface area contributed by atoms with Crippen LogP contribution in [0.25, 0.3) is 21.9 Å². The second-order valence-electron chi connectivity index (χ2n) is 7.75. The average Bonchev–Trinajstić information content (AvgIpc) is 2.85. The molecule has 0 unspecified atom stereocenters. The normalized spacial score (nSPS) is 10.8. The largest absolute Gasteiger partial charge is 0.488 e. The fourth-order valence-electron chi connectivity index (χ4n) is 4.01. The van der Waals surface area contributed by atoms with Gasteiger partial charge in [-0.25, -0.2) is 0 Å². The lowest BCUT2D eigenvalue weighted by atomic mass is 9.79. The van der Waals surface area contributed by atoms with Gasteiger partial charge in [0.05, 0.1) is 0 Å². The van der Waals surface area contributed by atoms with Crippen molar-refractivity contribution in [2.45, 2.75) is 0 Å². The van der Waals surface area contributed by atoms with Gasteiger partial charge in [0.15, 0.2) is 0 Å². The van der Waals surface area contributed by atoms with Crippen molar-refractivity contribution in [1.82, 2.24) is 0 Å². The molecule has 2 N–H and O–H groups in total. The molecule has 0 amide bonds. The molecule has 5 rings (SSSR count). The molecule has 3 nitrogen and oxygen atoms in total. The van der Waals surface area contributed by atoms with Crippen LogP contribution in [0.4, 0.5) is 17.1 Å². The van der Waals surface area contributed by atoms with Crippen molar-refractivity contribution in [2.24, 2.45) is 0 Å². The molecular formula is C28H22BNO2. The Hall–Kier alpha value is -3.86. The number of hydrogen-bond acceptors (Lipinski definition) is 3. The number of rotatable bonds is 5. The molecule has 154 valence electrons. The number of para-hydroxylation sites is 1. The predicted molar refractivity (Wildman–Crippen MR) is 134 cm³/mol. The van der Waals surface area contributed by atoms with Crippen molar-refractivity contribution >= 4 is 40.4 Å². The van der Waals surface area contributed by atoms with E-state index in [2.05, 4.69) is 71.6 Å². The minimum Gasteiger partial charge on any atom is -0.423 e. The topological polar surface area (TPSA) is 43.7 Å². The van der Waals surface area contributed by atoms with Crippen LogP contribution in [0.1, 0.15) is 0 Å². The zero-order valence-corrected chi connectivity index (χ0v) is 17.5. The lowest BCUT2D eigenvalue weighted by molar-refractivity contribution is 0.426. The van der Waals surface area contributed by atoms with E-state index in [4.69, 9.17) is 0 Å². The highest BCUT2D eigenvalue weighted by atomic mass is 16.4. The lowest BCUT2D eigenvalue weighted by Gasteiger charge is -2.26. The second kappa shape index (κ2) is 8.71. The van der Waals surface area contributed by atoms with Crippen molar-refractivity contribution in [3.8, 4) is 11.1 Å².